The Labute approximate surface area is 177 Å². The van der Waals surface area contributed by atoms with Gasteiger partial charge in [0.25, 0.3) is 5.69 Å². The van der Waals surface area contributed by atoms with Crippen LogP contribution in [0.15, 0.2) is 63.2 Å². The maximum absolute atomic E-state index is 12.1. The number of thioether (sulfide) groups is 1. The van der Waals surface area contributed by atoms with E-state index in [1.54, 1.807) is 24.3 Å². The lowest BCUT2D eigenvalue weighted by Gasteiger charge is -2.07. The van der Waals surface area contributed by atoms with E-state index in [-0.39, 0.29) is 29.1 Å². The number of benzene rings is 2. The Balaban J connectivity index is 1.54. The molecule has 1 unspecified atom stereocenters. The van der Waals surface area contributed by atoms with Gasteiger partial charge in [-0.2, -0.15) is 5.10 Å². The number of nitrogens with one attached hydrogen (secondary N) is 2. The number of nitro groups is 1. The lowest BCUT2D eigenvalue weighted by atomic mass is 10.2. The van der Waals surface area contributed by atoms with Gasteiger partial charge in [0.05, 0.1) is 11.1 Å². The number of nitrogens with zero attached hydrogens (tertiary/aromatic N) is 3. The van der Waals surface area contributed by atoms with Gasteiger partial charge in [-0.25, -0.2) is 0 Å². The van der Waals surface area contributed by atoms with Crippen LogP contribution in [0.1, 0.15) is 12.0 Å². The number of non-ortho nitro benzene ring substituents is 1. The van der Waals surface area contributed by atoms with E-state index in [1.807, 2.05) is 0 Å². The normalized spacial score (nSPS) is 17.5. The number of rotatable bonds is 6. The molecular formula is C18H14BrN5O4S. The average Bonchev–Trinajstić information content (AvgIpc) is 3.03. The van der Waals surface area contributed by atoms with Crippen molar-refractivity contribution in [1.82, 2.24) is 5.32 Å². The second-order valence-electron chi connectivity index (χ2n) is 5.85. The molecule has 0 spiro atoms. The highest BCUT2D eigenvalue weighted by Crippen LogP contribution is 2.23. The SMILES string of the molecule is O=C(CC1S/C(=N/N=C/c2ccc([N+](=O)[O-])cc2)NC1=O)Nc1ccc(Br)cc1. The predicted octanol–water partition coefficient (Wildman–Crippen LogP) is 3.31. The average molecular weight is 476 g/mol. The van der Waals surface area contributed by atoms with Crippen molar-refractivity contribution in [2.24, 2.45) is 10.2 Å². The molecule has 1 heterocycles. The Hall–Kier alpha value is -3.05. The largest absolute Gasteiger partial charge is 0.326 e. The highest BCUT2D eigenvalue weighted by Gasteiger charge is 2.32. The van der Waals surface area contributed by atoms with Crippen LogP contribution in [-0.2, 0) is 9.59 Å². The smallest absolute Gasteiger partial charge is 0.269 e. The summed E-state index contributed by atoms with van der Waals surface area (Å²) in [6.45, 7) is 0. The van der Waals surface area contributed by atoms with E-state index in [4.69, 9.17) is 0 Å². The van der Waals surface area contributed by atoms with Crippen LogP contribution in [0, 0.1) is 10.1 Å². The van der Waals surface area contributed by atoms with Gasteiger partial charge in [0.1, 0.15) is 5.25 Å². The highest BCUT2D eigenvalue weighted by molar-refractivity contribution is 9.10. The van der Waals surface area contributed by atoms with E-state index in [0.29, 0.717) is 11.3 Å². The first-order valence-electron chi connectivity index (χ1n) is 8.29. The van der Waals surface area contributed by atoms with Crippen LogP contribution in [0.25, 0.3) is 0 Å². The summed E-state index contributed by atoms with van der Waals surface area (Å²) in [5.41, 5.74) is 1.25. The Morgan fingerprint density at radius 1 is 1.24 bits per heavy atom. The lowest BCUT2D eigenvalue weighted by Crippen LogP contribution is -2.28. The third-order valence-electron chi connectivity index (χ3n) is 3.73. The van der Waals surface area contributed by atoms with Crippen molar-refractivity contribution < 1.29 is 14.5 Å². The van der Waals surface area contributed by atoms with Crippen LogP contribution in [0.3, 0.4) is 0 Å². The topological polar surface area (TPSA) is 126 Å². The number of amides is 2. The van der Waals surface area contributed by atoms with Crippen LogP contribution < -0.4 is 10.6 Å². The van der Waals surface area contributed by atoms with Gasteiger partial charge >= 0.3 is 0 Å². The van der Waals surface area contributed by atoms with Crippen LogP contribution >= 0.6 is 27.7 Å². The predicted molar refractivity (Wildman–Crippen MR) is 115 cm³/mol. The van der Waals surface area contributed by atoms with Crippen molar-refractivity contribution in [2.45, 2.75) is 11.7 Å². The van der Waals surface area contributed by atoms with Crippen molar-refractivity contribution in [3.05, 3.63) is 68.7 Å². The molecule has 0 aliphatic carbocycles. The van der Waals surface area contributed by atoms with E-state index in [9.17, 15) is 19.7 Å². The number of amidine groups is 1. The van der Waals surface area contributed by atoms with Gasteiger partial charge < -0.3 is 10.6 Å². The van der Waals surface area contributed by atoms with Gasteiger partial charge in [0.2, 0.25) is 11.8 Å². The standard InChI is InChI=1S/C18H14BrN5O4S/c19-12-3-5-13(6-4-12)21-16(25)9-15-17(26)22-18(29-15)23-20-10-11-1-7-14(8-2-11)24(27)28/h1-8,10,15H,9H2,(H,21,25)(H,22,23,26)/b20-10+. The fourth-order valence-electron chi connectivity index (χ4n) is 2.33. The Kier molecular flexibility index (Phi) is 6.73. The number of hydrogen-bond donors (Lipinski definition) is 2. The van der Waals surface area contributed by atoms with E-state index in [2.05, 4.69) is 36.8 Å². The summed E-state index contributed by atoms with van der Waals surface area (Å²) in [6.07, 6.45) is 1.41. The van der Waals surface area contributed by atoms with Crippen molar-refractivity contribution in [3.8, 4) is 0 Å². The second kappa shape index (κ2) is 9.43. The van der Waals surface area contributed by atoms with E-state index < -0.39 is 10.2 Å². The van der Waals surface area contributed by atoms with Crippen LogP contribution in [0.4, 0.5) is 11.4 Å². The Bertz CT molecular complexity index is 992. The summed E-state index contributed by atoms with van der Waals surface area (Å²) in [4.78, 5) is 34.3. The molecule has 1 fully saturated rings. The minimum Gasteiger partial charge on any atom is -0.326 e. The van der Waals surface area contributed by atoms with Crippen molar-refractivity contribution in [1.29, 1.82) is 0 Å². The molecule has 3 rings (SSSR count). The molecule has 11 heteroatoms. The number of carbonyl (C=O) groups is 2. The van der Waals surface area contributed by atoms with Gasteiger partial charge in [0.15, 0.2) is 5.17 Å². The molecule has 2 amide bonds. The van der Waals surface area contributed by atoms with Crippen molar-refractivity contribution >= 4 is 62.3 Å². The van der Waals surface area contributed by atoms with Crippen LogP contribution in [0.2, 0.25) is 0 Å². The molecule has 2 aromatic carbocycles. The van der Waals surface area contributed by atoms with Gasteiger partial charge in [-0.1, -0.05) is 27.7 Å². The molecule has 9 nitrogen and oxygen atoms in total. The van der Waals surface area contributed by atoms with Crippen molar-refractivity contribution in [2.75, 3.05) is 5.32 Å². The zero-order valence-corrected chi connectivity index (χ0v) is 17.1. The zero-order valence-electron chi connectivity index (χ0n) is 14.7. The first-order valence-corrected chi connectivity index (χ1v) is 9.96. The first kappa shape index (κ1) is 20.7. The third kappa shape index (κ3) is 5.96. The lowest BCUT2D eigenvalue weighted by molar-refractivity contribution is -0.384. The molecule has 0 aromatic heterocycles. The zero-order chi connectivity index (χ0) is 20.8. The fourth-order valence-corrected chi connectivity index (χ4v) is 3.52. The first-order chi connectivity index (χ1) is 13.9. The van der Waals surface area contributed by atoms with E-state index in [0.717, 1.165) is 16.2 Å². The van der Waals surface area contributed by atoms with Crippen molar-refractivity contribution in [3.63, 3.8) is 0 Å². The molecule has 148 valence electrons. The molecular weight excluding hydrogens is 462 g/mol. The molecule has 1 atom stereocenters. The number of halogens is 1. The Morgan fingerprint density at radius 3 is 2.59 bits per heavy atom. The minimum absolute atomic E-state index is 0.00233. The Morgan fingerprint density at radius 2 is 1.93 bits per heavy atom. The number of carbonyl (C=O) groups excluding carboxylic acids is 2. The summed E-state index contributed by atoms with van der Waals surface area (Å²) in [5, 5.41) is 23.4. The molecule has 2 aromatic rings. The summed E-state index contributed by atoms with van der Waals surface area (Å²) in [6, 6.07) is 12.9. The van der Waals surface area contributed by atoms with E-state index >= 15 is 0 Å². The fraction of sp³-hybridized carbons (Fsp3) is 0.111. The molecule has 1 aliphatic rings. The van der Waals surface area contributed by atoms with Crippen LogP contribution in [-0.4, -0.2) is 33.4 Å². The highest BCUT2D eigenvalue weighted by atomic mass is 79.9. The second-order valence-corrected chi connectivity index (χ2v) is 7.96. The maximum Gasteiger partial charge on any atom is 0.269 e. The molecule has 0 saturated carbocycles. The quantitative estimate of drug-likeness (QED) is 0.376. The maximum atomic E-state index is 12.1. The minimum atomic E-state index is -0.598. The van der Waals surface area contributed by atoms with Gasteiger partial charge in [-0.05, 0) is 42.0 Å². The van der Waals surface area contributed by atoms with Crippen LogP contribution in [0.5, 0.6) is 0 Å². The molecule has 0 radical (unpaired) electrons. The molecule has 0 bridgehead atoms. The third-order valence-corrected chi connectivity index (χ3v) is 5.34. The molecule has 29 heavy (non-hydrogen) atoms. The molecule has 2 N–H and O–H groups in total. The monoisotopic (exact) mass is 475 g/mol. The summed E-state index contributed by atoms with van der Waals surface area (Å²) >= 11 is 4.44. The number of nitro benzene ring substituents is 1. The molecule has 1 saturated heterocycles. The number of anilines is 1. The van der Waals surface area contributed by atoms with Gasteiger partial charge in [0, 0.05) is 28.7 Å². The summed E-state index contributed by atoms with van der Waals surface area (Å²) in [5.74, 6) is -0.596. The van der Waals surface area contributed by atoms with Gasteiger partial charge in [-0.3, -0.25) is 19.7 Å². The summed E-state index contributed by atoms with van der Waals surface area (Å²) < 4.78 is 0.899. The van der Waals surface area contributed by atoms with E-state index in [1.165, 1.54) is 30.5 Å². The van der Waals surface area contributed by atoms with Gasteiger partial charge in [-0.15, -0.1) is 5.10 Å². The molecule has 1 aliphatic heterocycles. The number of hydrogen-bond acceptors (Lipinski definition) is 7. The summed E-state index contributed by atoms with van der Waals surface area (Å²) in [7, 11) is 0.